The van der Waals surface area contributed by atoms with E-state index in [9.17, 15) is 18.0 Å². The molecule has 2 N–H and O–H groups in total. The van der Waals surface area contributed by atoms with E-state index < -0.39 is 11.7 Å². The maximum Gasteiger partial charge on any atom is 0.416 e. The van der Waals surface area contributed by atoms with Gasteiger partial charge >= 0.3 is 6.18 Å². The fraction of sp³-hybridized carbons (Fsp3) is 0.476. The average Bonchev–Trinajstić information content (AvgIpc) is 2.70. The largest absolute Gasteiger partial charge is 0.416 e. The second kappa shape index (κ2) is 8.89. The predicted octanol–water partition coefficient (Wildman–Crippen LogP) is 4.02. The van der Waals surface area contributed by atoms with Gasteiger partial charge in [0.1, 0.15) is 5.82 Å². The molecule has 0 spiro atoms. The summed E-state index contributed by atoms with van der Waals surface area (Å²) in [7, 11) is 3.87. The van der Waals surface area contributed by atoms with E-state index in [-0.39, 0.29) is 23.6 Å². The van der Waals surface area contributed by atoms with E-state index in [2.05, 4.69) is 20.6 Å². The molecule has 0 bridgehead atoms. The van der Waals surface area contributed by atoms with Gasteiger partial charge in [0.15, 0.2) is 0 Å². The number of alkyl halides is 3. The number of nitrogens with one attached hydrogen (secondary N) is 2. The monoisotopic (exact) mass is 421 g/mol. The molecule has 6 nitrogen and oxygen atoms in total. The number of amides is 1. The highest BCUT2D eigenvalue weighted by Crippen LogP contribution is 2.29. The van der Waals surface area contributed by atoms with Crippen molar-refractivity contribution in [2.75, 3.05) is 24.3 Å². The summed E-state index contributed by atoms with van der Waals surface area (Å²) in [5.74, 6) is 1.10. The second-order valence-electron chi connectivity index (χ2n) is 7.84. The number of hydrogen-bond donors (Lipinski definition) is 2. The van der Waals surface area contributed by atoms with Crippen LogP contribution < -0.4 is 15.5 Å². The normalized spacial score (nSPS) is 19.3. The molecule has 0 unspecified atom stereocenters. The van der Waals surface area contributed by atoms with Gasteiger partial charge < -0.3 is 15.5 Å². The minimum Gasteiger partial charge on any atom is -0.362 e. The number of anilines is 2. The smallest absolute Gasteiger partial charge is 0.362 e. The summed E-state index contributed by atoms with van der Waals surface area (Å²) in [4.78, 5) is 23.2. The molecule has 9 heteroatoms. The summed E-state index contributed by atoms with van der Waals surface area (Å²) < 4.78 is 37.9. The number of carbonyl (C=O) groups excluding carboxylic acids is 1. The van der Waals surface area contributed by atoms with Crippen molar-refractivity contribution in [3.63, 3.8) is 0 Å². The second-order valence-corrected chi connectivity index (χ2v) is 7.84. The number of nitrogens with zero attached hydrogens (tertiary/aromatic N) is 3. The molecule has 0 aliphatic heterocycles. The van der Waals surface area contributed by atoms with Crippen LogP contribution in [0.15, 0.2) is 30.5 Å². The van der Waals surface area contributed by atoms with Gasteiger partial charge in [0.05, 0.1) is 5.56 Å². The molecule has 162 valence electrons. The first-order valence-electron chi connectivity index (χ1n) is 9.89. The number of halogens is 3. The van der Waals surface area contributed by atoms with Crippen LogP contribution in [0, 0.1) is 6.92 Å². The van der Waals surface area contributed by atoms with Gasteiger partial charge in [-0.3, -0.25) is 4.79 Å². The molecule has 2 aromatic rings. The third-order valence-corrected chi connectivity index (χ3v) is 5.24. The van der Waals surface area contributed by atoms with Crippen LogP contribution in [-0.4, -0.2) is 42.1 Å². The van der Waals surface area contributed by atoms with Crippen molar-refractivity contribution < 1.29 is 18.0 Å². The highest BCUT2D eigenvalue weighted by atomic mass is 19.4. The van der Waals surface area contributed by atoms with E-state index in [4.69, 9.17) is 0 Å². The summed E-state index contributed by atoms with van der Waals surface area (Å²) >= 11 is 0. The Kier molecular flexibility index (Phi) is 6.48. The number of hydrogen-bond acceptors (Lipinski definition) is 5. The van der Waals surface area contributed by atoms with Crippen LogP contribution in [0.4, 0.5) is 24.9 Å². The topological polar surface area (TPSA) is 70.1 Å². The fourth-order valence-electron chi connectivity index (χ4n) is 3.60. The lowest BCUT2D eigenvalue weighted by atomic mass is 9.91. The van der Waals surface area contributed by atoms with Gasteiger partial charge in [0.2, 0.25) is 5.95 Å². The third kappa shape index (κ3) is 5.40. The molecule has 1 fully saturated rings. The van der Waals surface area contributed by atoms with Crippen molar-refractivity contribution in [1.82, 2.24) is 15.3 Å². The number of rotatable bonds is 5. The Morgan fingerprint density at radius 2 is 1.67 bits per heavy atom. The first kappa shape index (κ1) is 21.9. The van der Waals surface area contributed by atoms with E-state index >= 15 is 0 Å². The van der Waals surface area contributed by atoms with Crippen molar-refractivity contribution in [3.8, 4) is 0 Å². The molecule has 1 saturated carbocycles. The van der Waals surface area contributed by atoms with Crippen molar-refractivity contribution >= 4 is 17.7 Å². The molecule has 0 atom stereocenters. The summed E-state index contributed by atoms with van der Waals surface area (Å²) in [5.41, 5.74) is 0.467. The fourth-order valence-corrected chi connectivity index (χ4v) is 3.60. The summed E-state index contributed by atoms with van der Waals surface area (Å²) in [6.45, 7) is 1.96. The van der Waals surface area contributed by atoms with Gasteiger partial charge in [-0.1, -0.05) is 0 Å². The summed E-state index contributed by atoms with van der Waals surface area (Å²) in [5, 5.41) is 6.28. The molecular formula is C21H26F3N5O. The van der Waals surface area contributed by atoms with Crippen LogP contribution in [0.2, 0.25) is 0 Å². The molecule has 1 heterocycles. The maximum atomic E-state index is 12.6. The third-order valence-electron chi connectivity index (χ3n) is 5.24. The van der Waals surface area contributed by atoms with Crippen LogP contribution in [0.5, 0.6) is 0 Å². The van der Waals surface area contributed by atoms with Crippen molar-refractivity contribution in [2.45, 2.75) is 50.9 Å². The standard InChI is InChI=1S/C21H26F3N5O/c1-13-12-25-20(28-18(13)29(2)3)27-17-10-8-16(9-11-17)26-19(30)14-4-6-15(7-5-14)21(22,23)24/h4-7,12,16-17H,8-11H2,1-3H3,(H,26,30)(H,25,27,28)/t16-,17+. The van der Waals surface area contributed by atoms with Crippen LogP contribution in [0.25, 0.3) is 0 Å². The average molecular weight is 421 g/mol. The summed E-state index contributed by atoms with van der Waals surface area (Å²) in [6, 6.07) is 4.49. The van der Waals surface area contributed by atoms with E-state index in [0.717, 1.165) is 49.2 Å². The molecule has 0 radical (unpaired) electrons. The molecule has 1 aromatic heterocycles. The number of benzene rings is 1. The minimum atomic E-state index is -4.41. The predicted molar refractivity (Wildman–Crippen MR) is 110 cm³/mol. The van der Waals surface area contributed by atoms with Gasteiger partial charge in [-0.2, -0.15) is 18.2 Å². The highest BCUT2D eigenvalue weighted by molar-refractivity contribution is 5.94. The zero-order valence-corrected chi connectivity index (χ0v) is 17.3. The lowest BCUT2D eigenvalue weighted by Gasteiger charge is -2.30. The lowest BCUT2D eigenvalue weighted by Crippen LogP contribution is -2.40. The Morgan fingerprint density at radius 1 is 1.07 bits per heavy atom. The minimum absolute atomic E-state index is 0.00545. The Bertz CT molecular complexity index is 875. The molecule has 30 heavy (non-hydrogen) atoms. The number of aromatic nitrogens is 2. The Labute approximate surface area is 173 Å². The van der Waals surface area contributed by atoms with Crippen molar-refractivity contribution in [1.29, 1.82) is 0 Å². The van der Waals surface area contributed by atoms with Gasteiger partial charge in [-0.05, 0) is 56.9 Å². The van der Waals surface area contributed by atoms with E-state index in [1.807, 2.05) is 25.9 Å². The van der Waals surface area contributed by atoms with E-state index in [1.54, 1.807) is 6.20 Å². The van der Waals surface area contributed by atoms with Crippen LogP contribution >= 0.6 is 0 Å². The van der Waals surface area contributed by atoms with Gasteiger partial charge in [0.25, 0.3) is 5.91 Å². The SMILES string of the molecule is Cc1cnc(N[C@H]2CC[C@@H](NC(=O)c3ccc(C(F)(F)F)cc3)CC2)nc1N(C)C. The van der Waals surface area contributed by atoms with Crippen LogP contribution in [0.3, 0.4) is 0 Å². The van der Waals surface area contributed by atoms with Gasteiger partial charge in [-0.25, -0.2) is 4.98 Å². The molecule has 1 aromatic carbocycles. The summed E-state index contributed by atoms with van der Waals surface area (Å²) in [6.07, 6.45) is 0.612. The first-order valence-corrected chi connectivity index (χ1v) is 9.89. The highest BCUT2D eigenvalue weighted by Gasteiger charge is 2.30. The van der Waals surface area contributed by atoms with Gasteiger partial charge in [0, 0.05) is 43.5 Å². The Balaban J connectivity index is 1.51. The molecular weight excluding hydrogens is 395 g/mol. The van der Waals surface area contributed by atoms with Crippen molar-refractivity contribution in [3.05, 3.63) is 47.2 Å². The van der Waals surface area contributed by atoms with Crippen LogP contribution in [-0.2, 0) is 6.18 Å². The van der Waals surface area contributed by atoms with E-state index in [1.165, 1.54) is 12.1 Å². The Morgan fingerprint density at radius 3 is 2.23 bits per heavy atom. The quantitative estimate of drug-likeness (QED) is 0.763. The lowest BCUT2D eigenvalue weighted by molar-refractivity contribution is -0.137. The molecule has 1 amide bonds. The Hall–Kier alpha value is -2.84. The van der Waals surface area contributed by atoms with E-state index in [0.29, 0.717) is 5.95 Å². The first-order chi connectivity index (χ1) is 14.1. The van der Waals surface area contributed by atoms with Crippen molar-refractivity contribution in [2.24, 2.45) is 0 Å². The molecule has 1 aliphatic rings. The zero-order valence-electron chi connectivity index (χ0n) is 17.3. The zero-order chi connectivity index (χ0) is 21.9. The number of aryl methyl sites for hydroxylation is 1. The number of carbonyl (C=O) groups is 1. The van der Waals surface area contributed by atoms with Gasteiger partial charge in [-0.15, -0.1) is 0 Å². The molecule has 1 aliphatic carbocycles. The molecule has 0 saturated heterocycles. The van der Waals surface area contributed by atoms with Crippen LogP contribution in [0.1, 0.15) is 47.2 Å². The maximum absolute atomic E-state index is 12.6. The molecule has 3 rings (SSSR count).